The minimum Gasteiger partial charge on any atom is -0.381 e. The Morgan fingerprint density at radius 2 is 2.05 bits per heavy atom. The van der Waals surface area contributed by atoms with Crippen molar-refractivity contribution >= 4 is 12.4 Å². The molecule has 0 aromatic carbocycles. The third-order valence-electron chi connectivity index (χ3n) is 3.32. The molecule has 19 heavy (non-hydrogen) atoms. The number of halogens is 1. The molecule has 0 unspecified atom stereocenters. The van der Waals surface area contributed by atoms with Gasteiger partial charge in [-0.1, -0.05) is 31.8 Å². The number of rotatable bonds is 6. The molecule has 0 aliphatic heterocycles. The van der Waals surface area contributed by atoms with Crippen molar-refractivity contribution < 1.29 is 9.26 Å². The Morgan fingerprint density at radius 1 is 1.37 bits per heavy atom. The molecule has 1 aromatic rings. The highest BCUT2D eigenvalue weighted by Gasteiger charge is 2.35. The van der Waals surface area contributed by atoms with Gasteiger partial charge < -0.3 is 15.0 Å². The maximum Gasteiger partial charge on any atom is 0.229 e. The van der Waals surface area contributed by atoms with E-state index >= 15 is 0 Å². The normalized spacial score (nSPS) is 17.7. The van der Waals surface area contributed by atoms with Crippen LogP contribution in [0.1, 0.15) is 51.2 Å². The lowest BCUT2D eigenvalue weighted by Crippen LogP contribution is -2.34. The van der Waals surface area contributed by atoms with Gasteiger partial charge in [-0.2, -0.15) is 4.98 Å². The Labute approximate surface area is 120 Å². The third-order valence-corrected chi connectivity index (χ3v) is 3.32. The number of nitrogens with zero attached hydrogens (tertiary/aromatic N) is 2. The van der Waals surface area contributed by atoms with E-state index in [1.165, 1.54) is 0 Å². The van der Waals surface area contributed by atoms with Gasteiger partial charge in [-0.15, -0.1) is 12.4 Å². The second-order valence-electron chi connectivity index (χ2n) is 5.59. The minimum atomic E-state index is -0.361. The van der Waals surface area contributed by atoms with Gasteiger partial charge in [-0.25, -0.2) is 0 Å². The van der Waals surface area contributed by atoms with E-state index in [1.54, 1.807) is 0 Å². The summed E-state index contributed by atoms with van der Waals surface area (Å²) in [6.07, 6.45) is 4.87. The number of hydrogen-bond donors (Lipinski definition) is 1. The van der Waals surface area contributed by atoms with Crippen LogP contribution in [0.3, 0.4) is 0 Å². The molecular formula is C13H24ClN3O2. The number of ether oxygens (including phenoxy) is 1. The Bertz CT molecular complexity index is 376. The van der Waals surface area contributed by atoms with Crippen LogP contribution < -0.4 is 5.73 Å². The number of hydrogen-bond acceptors (Lipinski definition) is 5. The first kappa shape index (κ1) is 16.4. The Kier molecular flexibility index (Phi) is 6.23. The maximum absolute atomic E-state index is 6.27. The molecule has 1 saturated carbocycles. The van der Waals surface area contributed by atoms with Crippen LogP contribution in [0.25, 0.3) is 0 Å². The van der Waals surface area contributed by atoms with Crippen LogP contribution in [-0.4, -0.2) is 23.4 Å². The molecule has 6 heteroatoms. The molecule has 1 aromatic heterocycles. The van der Waals surface area contributed by atoms with Crippen molar-refractivity contribution in [2.24, 2.45) is 11.7 Å². The molecule has 1 fully saturated rings. The molecule has 0 bridgehead atoms. The highest BCUT2D eigenvalue weighted by molar-refractivity contribution is 5.85. The third kappa shape index (κ3) is 4.44. The lowest BCUT2D eigenvalue weighted by molar-refractivity contribution is 0.108. The Hall–Kier alpha value is -0.650. The van der Waals surface area contributed by atoms with E-state index in [-0.39, 0.29) is 17.9 Å². The van der Waals surface area contributed by atoms with Crippen molar-refractivity contribution in [3.63, 3.8) is 0 Å². The summed E-state index contributed by atoms with van der Waals surface area (Å²) in [5.74, 6) is 1.85. The molecule has 110 valence electrons. The summed E-state index contributed by atoms with van der Waals surface area (Å²) in [4.78, 5) is 4.40. The van der Waals surface area contributed by atoms with Crippen LogP contribution in [0.2, 0.25) is 0 Å². The van der Waals surface area contributed by atoms with Gasteiger partial charge in [0, 0.05) is 6.61 Å². The van der Waals surface area contributed by atoms with Gasteiger partial charge in [0.1, 0.15) is 0 Å². The van der Waals surface area contributed by atoms with Gasteiger partial charge in [0.2, 0.25) is 5.89 Å². The van der Waals surface area contributed by atoms with Gasteiger partial charge in [-0.05, 0) is 18.8 Å². The molecule has 2 rings (SSSR count). The number of nitrogens with two attached hydrogens (primary N) is 1. The zero-order valence-corrected chi connectivity index (χ0v) is 12.5. The van der Waals surface area contributed by atoms with Crippen molar-refractivity contribution in [3.05, 3.63) is 11.7 Å². The van der Waals surface area contributed by atoms with Gasteiger partial charge in [0.05, 0.1) is 18.6 Å². The van der Waals surface area contributed by atoms with Gasteiger partial charge in [-0.3, -0.25) is 0 Å². The van der Waals surface area contributed by atoms with Crippen LogP contribution >= 0.6 is 12.4 Å². The molecule has 0 amide bonds. The molecule has 0 saturated heterocycles. The summed E-state index contributed by atoms with van der Waals surface area (Å²) in [5.41, 5.74) is 5.91. The lowest BCUT2D eigenvalue weighted by atomic mass is 9.99. The fourth-order valence-electron chi connectivity index (χ4n) is 2.27. The predicted molar refractivity (Wildman–Crippen MR) is 75.2 cm³/mol. The first-order valence-corrected chi connectivity index (χ1v) is 6.80. The van der Waals surface area contributed by atoms with E-state index in [0.29, 0.717) is 30.7 Å². The molecule has 0 spiro atoms. The van der Waals surface area contributed by atoms with Crippen molar-refractivity contribution in [3.8, 4) is 0 Å². The summed E-state index contributed by atoms with van der Waals surface area (Å²) >= 11 is 0. The van der Waals surface area contributed by atoms with Crippen molar-refractivity contribution in [1.82, 2.24) is 10.1 Å². The average Bonchev–Trinajstić information content (AvgIpc) is 2.94. The second-order valence-corrected chi connectivity index (χ2v) is 5.59. The molecule has 2 N–H and O–H groups in total. The largest absolute Gasteiger partial charge is 0.381 e. The quantitative estimate of drug-likeness (QED) is 0.814. The highest BCUT2D eigenvalue weighted by atomic mass is 35.5. The van der Waals surface area contributed by atoms with Crippen LogP contribution in [-0.2, 0) is 16.7 Å². The second kappa shape index (κ2) is 7.22. The predicted octanol–water partition coefficient (Wildman–Crippen LogP) is 2.43. The van der Waals surface area contributed by atoms with E-state index in [4.69, 9.17) is 15.0 Å². The highest BCUT2D eigenvalue weighted by Crippen LogP contribution is 2.34. The standard InChI is InChI=1S/C13H23N3O2.ClH/c1-10(2)9-17-8-5-11-15-12(16-18-11)13(14)6-3-4-7-13;/h10H,3-9,14H2,1-2H3;1H. The van der Waals surface area contributed by atoms with Gasteiger partial charge in [0.15, 0.2) is 5.82 Å². The molecule has 1 aliphatic rings. The van der Waals surface area contributed by atoms with Crippen LogP contribution in [0.4, 0.5) is 0 Å². The summed E-state index contributed by atoms with van der Waals surface area (Å²) in [6.45, 7) is 5.64. The van der Waals surface area contributed by atoms with Crippen LogP contribution in [0, 0.1) is 5.92 Å². The average molecular weight is 290 g/mol. The zero-order valence-electron chi connectivity index (χ0n) is 11.7. The first-order chi connectivity index (χ1) is 8.60. The maximum atomic E-state index is 6.27. The Balaban J connectivity index is 0.00000180. The SMILES string of the molecule is CC(C)COCCc1nc(C2(N)CCCC2)no1.Cl. The summed E-state index contributed by atoms with van der Waals surface area (Å²) in [5, 5.41) is 4.02. The molecule has 1 aliphatic carbocycles. The zero-order chi connectivity index (χ0) is 13.0. The number of aromatic nitrogens is 2. The lowest BCUT2D eigenvalue weighted by Gasteiger charge is -2.17. The first-order valence-electron chi connectivity index (χ1n) is 6.80. The smallest absolute Gasteiger partial charge is 0.229 e. The summed E-state index contributed by atoms with van der Waals surface area (Å²) < 4.78 is 10.7. The minimum absolute atomic E-state index is 0. The van der Waals surface area contributed by atoms with Crippen molar-refractivity contribution in [1.29, 1.82) is 0 Å². The van der Waals surface area contributed by atoms with E-state index < -0.39 is 0 Å². The summed E-state index contributed by atoms with van der Waals surface area (Å²) in [7, 11) is 0. The van der Waals surface area contributed by atoms with E-state index in [9.17, 15) is 0 Å². The van der Waals surface area contributed by atoms with Crippen LogP contribution in [0.5, 0.6) is 0 Å². The molecule has 5 nitrogen and oxygen atoms in total. The topological polar surface area (TPSA) is 74.2 Å². The van der Waals surface area contributed by atoms with Gasteiger partial charge >= 0.3 is 0 Å². The summed E-state index contributed by atoms with van der Waals surface area (Å²) in [6, 6.07) is 0. The van der Waals surface area contributed by atoms with E-state index in [2.05, 4.69) is 24.0 Å². The van der Waals surface area contributed by atoms with Gasteiger partial charge in [0.25, 0.3) is 0 Å². The van der Waals surface area contributed by atoms with Crippen LogP contribution in [0.15, 0.2) is 4.52 Å². The molecular weight excluding hydrogens is 266 g/mol. The van der Waals surface area contributed by atoms with E-state index in [0.717, 1.165) is 32.3 Å². The van der Waals surface area contributed by atoms with E-state index in [1.807, 2.05) is 0 Å². The molecule has 1 heterocycles. The van der Waals surface area contributed by atoms with Crippen molar-refractivity contribution in [2.45, 2.75) is 51.5 Å². The van der Waals surface area contributed by atoms with Crippen molar-refractivity contribution in [2.75, 3.05) is 13.2 Å². The monoisotopic (exact) mass is 289 g/mol. The fraction of sp³-hybridized carbons (Fsp3) is 0.846. The fourth-order valence-corrected chi connectivity index (χ4v) is 2.27. The Morgan fingerprint density at radius 3 is 2.68 bits per heavy atom. The molecule has 0 radical (unpaired) electrons. The molecule has 0 atom stereocenters.